The second kappa shape index (κ2) is 4.69. The summed E-state index contributed by atoms with van der Waals surface area (Å²) in [5.74, 6) is -1.24. The molecule has 2 atom stereocenters. The second-order valence-electron chi connectivity index (χ2n) is 4.84. The van der Waals surface area contributed by atoms with Gasteiger partial charge in [-0.25, -0.2) is 4.98 Å². The molecule has 1 aliphatic rings. The van der Waals surface area contributed by atoms with Gasteiger partial charge in [-0.2, -0.15) is 0 Å². The van der Waals surface area contributed by atoms with Crippen molar-refractivity contribution >= 4 is 27.5 Å². The highest BCUT2D eigenvalue weighted by molar-refractivity contribution is 7.18. The second-order valence-corrected chi connectivity index (χ2v) is 5.90. The Labute approximate surface area is 109 Å². The van der Waals surface area contributed by atoms with E-state index in [1.807, 2.05) is 24.3 Å². The zero-order chi connectivity index (χ0) is 12.5. The summed E-state index contributed by atoms with van der Waals surface area (Å²) >= 11 is 1.62. The summed E-state index contributed by atoms with van der Waals surface area (Å²) in [5.41, 5.74) is 0.972. The number of fused-ring (bicyclic) bond motifs is 1. The number of aliphatic carboxylic acids is 1. The van der Waals surface area contributed by atoms with E-state index in [9.17, 15) is 9.90 Å². The number of benzene rings is 1. The number of hydrogen-bond donors (Lipinski definition) is 0. The summed E-state index contributed by atoms with van der Waals surface area (Å²) in [7, 11) is 0. The van der Waals surface area contributed by atoms with Crippen LogP contribution in [0.15, 0.2) is 24.3 Å². The molecule has 1 fully saturated rings. The first-order valence-electron chi connectivity index (χ1n) is 6.32. The molecule has 1 heterocycles. The first-order chi connectivity index (χ1) is 8.75. The highest BCUT2D eigenvalue weighted by Crippen LogP contribution is 2.40. The fraction of sp³-hybridized carbons (Fsp3) is 0.429. The standard InChI is InChI=1S/C14H15NO2S/c16-14(17)10-6-2-1-5-9(10)13-15-11-7-3-4-8-12(11)18-13/h3-4,7-10H,1-2,5-6H2,(H,16,17)/p-1/t9-,10-/m0/s1. The van der Waals surface area contributed by atoms with Gasteiger partial charge in [-0.15, -0.1) is 11.3 Å². The molecular formula is C14H14NO2S-. The fourth-order valence-corrected chi connectivity index (χ4v) is 3.92. The number of para-hydroxylation sites is 1. The molecule has 0 bridgehead atoms. The van der Waals surface area contributed by atoms with Crippen LogP contribution < -0.4 is 5.11 Å². The molecule has 18 heavy (non-hydrogen) atoms. The first-order valence-corrected chi connectivity index (χ1v) is 7.13. The molecule has 94 valence electrons. The van der Waals surface area contributed by atoms with E-state index in [0.717, 1.165) is 40.9 Å². The first kappa shape index (κ1) is 11.7. The van der Waals surface area contributed by atoms with Crippen LogP contribution in [0.1, 0.15) is 36.6 Å². The van der Waals surface area contributed by atoms with Gasteiger partial charge in [0.2, 0.25) is 0 Å². The summed E-state index contributed by atoms with van der Waals surface area (Å²) in [6.07, 6.45) is 3.71. The van der Waals surface area contributed by atoms with E-state index >= 15 is 0 Å². The van der Waals surface area contributed by atoms with Crippen LogP contribution in [-0.4, -0.2) is 11.0 Å². The Bertz CT molecular complexity index is 545. The summed E-state index contributed by atoms with van der Waals surface area (Å²) in [6, 6.07) is 7.96. The van der Waals surface area contributed by atoms with Crippen molar-refractivity contribution in [2.75, 3.05) is 0 Å². The number of thiazole rings is 1. The molecule has 1 aliphatic carbocycles. The van der Waals surface area contributed by atoms with Crippen LogP contribution in [0.3, 0.4) is 0 Å². The maximum atomic E-state index is 11.2. The number of carboxylic acid groups (broad SMARTS) is 1. The lowest BCUT2D eigenvalue weighted by molar-refractivity contribution is -0.313. The van der Waals surface area contributed by atoms with Crippen molar-refractivity contribution in [2.45, 2.75) is 31.6 Å². The van der Waals surface area contributed by atoms with Crippen molar-refractivity contribution in [3.63, 3.8) is 0 Å². The molecule has 0 amide bonds. The monoisotopic (exact) mass is 260 g/mol. The van der Waals surface area contributed by atoms with E-state index in [4.69, 9.17) is 0 Å². The van der Waals surface area contributed by atoms with Crippen molar-refractivity contribution < 1.29 is 9.90 Å². The lowest BCUT2D eigenvalue weighted by Crippen LogP contribution is -2.36. The van der Waals surface area contributed by atoms with Crippen LogP contribution in [-0.2, 0) is 4.79 Å². The van der Waals surface area contributed by atoms with Gasteiger partial charge in [0.05, 0.1) is 15.2 Å². The smallest absolute Gasteiger partial charge is 0.0976 e. The highest BCUT2D eigenvalue weighted by atomic mass is 32.1. The Morgan fingerprint density at radius 1 is 1.28 bits per heavy atom. The maximum absolute atomic E-state index is 11.2. The average molecular weight is 260 g/mol. The summed E-state index contributed by atoms with van der Waals surface area (Å²) < 4.78 is 1.13. The van der Waals surface area contributed by atoms with E-state index in [0.29, 0.717) is 0 Å². The number of nitrogens with zero attached hydrogens (tertiary/aromatic N) is 1. The van der Waals surface area contributed by atoms with Gasteiger partial charge in [-0.3, -0.25) is 0 Å². The van der Waals surface area contributed by atoms with Crippen molar-refractivity contribution in [3.05, 3.63) is 29.3 Å². The lowest BCUT2D eigenvalue weighted by atomic mass is 9.79. The number of carbonyl (C=O) groups is 1. The number of carboxylic acids is 1. The Morgan fingerprint density at radius 2 is 2.06 bits per heavy atom. The SMILES string of the molecule is O=C([O-])[C@H]1CCCC[C@@H]1c1nc2ccccc2s1. The topological polar surface area (TPSA) is 53.0 Å². The molecule has 1 aromatic heterocycles. The van der Waals surface area contributed by atoms with E-state index in [1.165, 1.54) is 0 Å². The van der Waals surface area contributed by atoms with Crippen molar-refractivity contribution in [1.29, 1.82) is 0 Å². The predicted molar refractivity (Wildman–Crippen MR) is 69.3 cm³/mol. The van der Waals surface area contributed by atoms with Crippen LogP contribution in [0.4, 0.5) is 0 Å². The van der Waals surface area contributed by atoms with Crippen molar-refractivity contribution in [1.82, 2.24) is 4.98 Å². The molecule has 0 radical (unpaired) electrons. The third kappa shape index (κ3) is 2.01. The minimum Gasteiger partial charge on any atom is -0.550 e. The van der Waals surface area contributed by atoms with Crippen LogP contribution in [0, 0.1) is 5.92 Å². The van der Waals surface area contributed by atoms with Gasteiger partial charge in [-0.05, 0) is 25.0 Å². The maximum Gasteiger partial charge on any atom is 0.0976 e. The van der Waals surface area contributed by atoms with E-state index in [-0.39, 0.29) is 11.8 Å². The Morgan fingerprint density at radius 3 is 2.83 bits per heavy atom. The minimum absolute atomic E-state index is 0.0427. The zero-order valence-electron chi connectivity index (χ0n) is 9.96. The molecule has 4 heteroatoms. The molecule has 1 aromatic carbocycles. The molecule has 0 aliphatic heterocycles. The van der Waals surface area contributed by atoms with Gasteiger partial charge in [0.25, 0.3) is 0 Å². The van der Waals surface area contributed by atoms with Crippen LogP contribution in [0.2, 0.25) is 0 Å². The Kier molecular flexibility index (Phi) is 3.04. The normalized spacial score (nSPS) is 24.2. The number of carbonyl (C=O) groups excluding carboxylic acids is 1. The van der Waals surface area contributed by atoms with Crippen LogP contribution in [0.5, 0.6) is 0 Å². The molecule has 0 saturated heterocycles. The number of rotatable bonds is 2. The number of aromatic nitrogens is 1. The summed E-state index contributed by atoms with van der Waals surface area (Å²) in [4.78, 5) is 15.8. The summed E-state index contributed by atoms with van der Waals surface area (Å²) in [5, 5.41) is 12.2. The minimum atomic E-state index is -0.918. The average Bonchev–Trinajstić information content (AvgIpc) is 2.82. The van der Waals surface area contributed by atoms with Gasteiger partial charge in [0.1, 0.15) is 0 Å². The largest absolute Gasteiger partial charge is 0.550 e. The van der Waals surface area contributed by atoms with Gasteiger partial charge in [0, 0.05) is 17.8 Å². The van der Waals surface area contributed by atoms with E-state index in [1.54, 1.807) is 11.3 Å². The van der Waals surface area contributed by atoms with E-state index in [2.05, 4.69) is 4.98 Å². The molecule has 0 spiro atoms. The molecule has 0 unspecified atom stereocenters. The third-order valence-electron chi connectivity index (χ3n) is 3.70. The van der Waals surface area contributed by atoms with Gasteiger partial charge >= 0.3 is 0 Å². The Balaban J connectivity index is 1.98. The van der Waals surface area contributed by atoms with Gasteiger partial charge in [-0.1, -0.05) is 25.0 Å². The molecular weight excluding hydrogens is 246 g/mol. The fourth-order valence-electron chi connectivity index (χ4n) is 2.76. The summed E-state index contributed by atoms with van der Waals surface area (Å²) in [6.45, 7) is 0. The molecule has 3 rings (SSSR count). The predicted octanol–water partition coefficient (Wildman–Crippen LogP) is 2.32. The highest BCUT2D eigenvalue weighted by Gasteiger charge is 2.29. The molecule has 0 N–H and O–H groups in total. The Hall–Kier alpha value is -1.42. The quantitative estimate of drug-likeness (QED) is 0.832. The lowest BCUT2D eigenvalue weighted by Gasteiger charge is -2.30. The third-order valence-corrected chi connectivity index (χ3v) is 4.86. The van der Waals surface area contributed by atoms with Crippen molar-refractivity contribution in [2.24, 2.45) is 5.92 Å². The molecule has 1 saturated carbocycles. The van der Waals surface area contributed by atoms with Gasteiger partial charge < -0.3 is 9.90 Å². The van der Waals surface area contributed by atoms with Crippen molar-refractivity contribution in [3.8, 4) is 0 Å². The molecule has 3 nitrogen and oxygen atoms in total. The molecule has 2 aromatic rings. The zero-order valence-corrected chi connectivity index (χ0v) is 10.8. The number of hydrogen-bond acceptors (Lipinski definition) is 4. The van der Waals surface area contributed by atoms with Crippen LogP contribution >= 0.6 is 11.3 Å². The van der Waals surface area contributed by atoms with Gasteiger partial charge in [0.15, 0.2) is 0 Å². The van der Waals surface area contributed by atoms with Crippen LogP contribution in [0.25, 0.3) is 10.2 Å². The van der Waals surface area contributed by atoms with E-state index < -0.39 is 5.97 Å².